The van der Waals surface area contributed by atoms with Gasteiger partial charge in [0, 0.05) is 17.5 Å². The molecule has 1 aromatic heterocycles. The van der Waals surface area contributed by atoms with E-state index >= 15 is 0 Å². The Labute approximate surface area is 127 Å². The lowest BCUT2D eigenvalue weighted by atomic mass is 10.3. The van der Waals surface area contributed by atoms with Gasteiger partial charge in [0.1, 0.15) is 5.75 Å². The van der Waals surface area contributed by atoms with Crippen molar-refractivity contribution in [3.8, 4) is 5.75 Å². The number of hydrogen-bond acceptors (Lipinski definition) is 6. The van der Waals surface area contributed by atoms with E-state index in [9.17, 15) is 4.79 Å². The zero-order valence-corrected chi connectivity index (χ0v) is 12.7. The molecular weight excluding hydrogens is 288 g/mol. The number of thiazole rings is 1. The van der Waals surface area contributed by atoms with Crippen LogP contribution >= 0.6 is 11.3 Å². The standard InChI is InChI=1S/C15H18N2O3S/c1-19-15(18)9-12-10-21-14(17-12)3-2-8-20-13-6-4-11(16)5-7-13/h4-7,10H,2-3,8-9,16H2,1H3. The highest BCUT2D eigenvalue weighted by Crippen LogP contribution is 2.15. The number of hydrogen-bond donors (Lipinski definition) is 1. The van der Waals surface area contributed by atoms with E-state index < -0.39 is 0 Å². The summed E-state index contributed by atoms with van der Waals surface area (Å²) in [5, 5.41) is 2.90. The number of carbonyl (C=O) groups excluding carboxylic acids is 1. The van der Waals surface area contributed by atoms with Gasteiger partial charge in [0.15, 0.2) is 0 Å². The lowest BCUT2D eigenvalue weighted by Gasteiger charge is -2.05. The summed E-state index contributed by atoms with van der Waals surface area (Å²) < 4.78 is 10.2. The first-order valence-electron chi connectivity index (χ1n) is 6.66. The second kappa shape index (κ2) is 7.64. The minimum absolute atomic E-state index is 0.231. The maximum absolute atomic E-state index is 11.1. The number of esters is 1. The van der Waals surface area contributed by atoms with Crippen molar-refractivity contribution in [1.82, 2.24) is 4.98 Å². The van der Waals surface area contributed by atoms with Gasteiger partial charge < -0.3 is 15.2 Å². The fraction of sp³-hybridized carbons (Fsp3) is 0.333. The normalized spacial score (nSPS) is 10.3. The van der Waals surface area contributed by atoms with E-state index in [4.69, 9.17) is 10.5 Å². The van der Waals surface area contributed by atoms with Crippen LogP contribution in [0.5, 0.6) is 5.75 Å². The predicted octanol–water partition coefficient (Wildman–Crippen LogP) is 2.45. The van der Waals surface area contributed by atoms with Crippen molar-refractivity contribution in [3.63, 3.8) is 0 Å². The average Bonchev–Trinajstić information content (AvgIpc) is 2.93. The number of nitrogens with two attached hydrogens (primary N) is 1. The van der Waals surface area contributed by atoms with Crippen molar-refractivity contribution in [1.29, 1.82) is 0 Å². The van der Waals surface area contributed by atoms with Gasteiger partial charge in [-0.1, -0.05) is 0 Å². The number of anilines is 1. The van der Waals surface area contributed by atoms with Gasteiger partial charge in [-0.2, -0.15) is 0 Å². The number of aromatic nitrogens is 1. The summed E-state index contributed by atoms with van der Waals surface area (Å²) in [6.45, 7) is 0.621. The Morgan fingerprint density at radius 2 is 2.10 bits per heavy atom. The first kappa shape index (κ1) is 15.3. The van der Waals surface area contributed by atoms with Gasteiger partial charge in [-0.25, -0.2) is 4.98 Å². The molecule has 0 amide bonds. The molecule has 6 heteroatoms. The molecule has 0 spiro atoms. The number of ether oxygens (including phenoxy) is 2. The summed E-state index contributed by atoms with van der Waals surface area (Å²) in [5.41, 5.74) is 7.10. The van der Waals surface area contributed by atoms with E-state index in [-0.39, 0.29) is 12.4 Å². The van der Waals surface area contributed by atoms with Crippen molar-refractivity contribution in [3.05, 3.63) is 40.3 Å². The van der Waals surface area contributed by atoms with Crippen molar-refractivity contribution < 1.29 is 14.3 Å². The van der Waals surface area contributed by atoms with Crippen LogP contribution < -0.4 is 10.5 Å². The number of nitrogens with zero attached hydrogens (tertiary/aromatic N) is 1. The van der Waals surface area contributed by atoms with Crippen LogP contribution in [0.15, 0.2) is 29.6 Å². The summed E-state index contributed by atoms with van der Waals surface area (Å²) in [6.07, 6.45) is 1.94. The number of nitrogen functional groups attached to an aromatic ring is 1. The Balaban J connectivity index is 1.71. The van der Waals surface area contributed by atoms with E-state index in [1.54, 1.807) is 11.3 Å². The number of benzene rings is 1. The zero-order chi connectivity index (χ0) is 15.1. The number of rotatable bonds is 7. The van der Waals surface area contributed by atoms with Gasteiger partial charge in [0.05, 0.1) is 30.8 Å². The molecule has 0 fully saturated rings. The third kappa shape index (κ3) is 5.07. The summed E-state index contributed by atoms with van der Waals surface area (Å²) in [6, 6.07) is 7.34. The van der Waals surface area contributed by atoms with E-state index in [2.05, 4.69) is 9.72 Å². The van der Waals surface area contributed by atoms with Gasteiger partial charge in [0.25, 0.3) is 0 Å². The van der Waals surface area contributed by atoms with Crippen molar-refractivity contribution >= 4 is 23.0 Å². The fourth-order valence-corrected chi connectivity index (χ4v) is 2.58. The third-order valence-corrected chi connectivity index (χ3v) is 3.79. The molecule has 0 radical (unpaired) electrons. The highest BCUT2D eigenvalue weighted by molar-refractivity contribution is 7.09. The highest BCUT2D eigenvalue weighted by atomic mass is 32.1. The maximum Gasteiger partial charge on any atom is 0.311 e. The molecule has 0 aliphatic rings. The summed E-state index contributed by atoms with van der Waals surface area (Å²) in [4.78, 5) is 15.5. The Morgan fingerprint density at radius 3 is 2.81 bits per heavy atom. The van der Waals surface area contributed by atoms with Crippen molar-refractivity contribution in [2.75, 3.05) is 19.5 Å². The quantitative estimate of drug-likeness (QED) is 0.483. The number of methoxy groups -OCH3 is 1. The lowest BCUT2D eigenvalue weighted by Crippen LogP contribution is -2.05. The van der Waals surface area contributed by atoms with Crippen LogP contribution in [0.2, 0.25) is 0 Å². The largest absolute Gasteiger partial charge is 0.494 e. The van der Waals surface area contributed by atoms with E-state index in [0.717, 1.165) is 35.0 Å². The molecule has 0 aliphatic heterocycles. The first-order valence-corrected chi connectivity index (χ1v) is 7.54. The zero-order valence-electron chi connectivity index (χ0n) is 11.9. The van der Waals surface area contributed by atoms with Gasteiger partial charge >= 0.3 is 5.97 Å². The molecule has 0 saturated carbocycles. The van der Waals surface area contributed by atoms with Gasteiger partial charge in [0.2, 0.25) is 0 Å². The van der Waals surface area contributed by atoms with Crippen LogP contribution in [0.3, 0.4) is 0 Å². The van der Waals surface area contributed by atoms with Crippen molar-refractivity contribution in [2.45, 2.75) is 19.3 Å². The number of aryl methyl sites for hydroxylation is 1. The predicted molar refractivity (Wildman–Crippen MR) is 82.5 cm³/mol. The maximum atomic E-state index is 11.1. The van der Waals surface area contributed by atoms with Gasteiger partial charge in [-0.3, -0.25) is 4.79 Å². The molecular formula is C15H18N2O3S. The van der Waals surface area contributed by atoms with Crippen LogP contribution in [0.4, 0.5) is 5.69 Å². The molecule has 0 atom stereocenters. The minimum Gasteiger partial charge on any atom is -0.494 e. The summed E-state index contributed by atoms with van der Waals surface area (Å²) >= 11 is 1.56. The van der Waals surface area contributed by atoms with Crippen LogP contribution in [0, 0.1) is 0 Å². The van der Waals surface area contributed by atoms with E-state index in [0.29, 0.717) is 6.61 Å². The van der Waals surface area contributed by atoms with Crippen LogP contribution in [0.1, 0.15) is 17.1 Å². The Morgan fingerprint density at radius 1 is 1.33 bits per heavy atom. The molecule has 2 N–H and O–H groups in total. The minimum atomic E-state index is -0.265. The highest BCUT2D eigenvalue weighted by Gasteiger charge is 2.07. The Hall–Kier alpha value is -2.08. The SMILES string of the molecule is COC(=O)Cc1csc(CCCOc2ccc(N)cc2)n1. The molecule has 1 aromatic carbocycles. The molecule has 0 bridgehead atoms. The fourth-order valence-electron chi connectivity index (χ4n) is 1.74. The van der Waals surface area contributed by atoms with Crippen LogP contribution in [0.25, 0.3) is 0 Å². The monoisotopic (exact) mass is 306 g/mol. The van der Waals surface area contributed by atoms with E-state index in [1.165, 1.54) is 7.11 Å². The lowest BCUT2D eigenvalue weighted by molar-refractivity contribution is -0.139. The smallest absolute Gasteiger partial charge is 0.311 e. The molecule has 5 nitrogen and oxygen atoms in total. The van der Waals surface area contributed by atoms with Gasteiger partial charge in [-0.15, -0.1) is 11.3 Å². The van der Waals surface area contributed by atoms with Gasteiger partial charge in [-0.05, 0) is 30.7 Å². The molecule has 21 heavy (non-hydrogen) atoms. The topological polar surface area (TPSA) is 74.4 Å². The second-order valence-electron chi connectivity index (χ2n) is 4.51. The Bertz CT molecular complexity index is 581. The third-order valence-electron chi connectivity index (χ3n) is 2.84. The summed E-state index contributed by atoms with van der Waals surface area (Å²) in [5.74, 6) is 0.549. The molecule has 0 aliphatic carbocycles. The summed E-state index contributed by atoms with van der Waals surface area (Å²) in [7, 11) is 1.38. The first-order chi connectivity index (χ1) is 10.2. The second-order valence-corrected chi connectivity index (χ2v) is 5.45. The molecule has 0 saturated heterocycles. The number of carbonyl (C=O) groups is 1. The van der Waals surface area contributed by atoms with Crippen LogP contribution in [-0.2, 0) is 22.4 Å². The molecule has 112 valence electrons. The Kier molecular flexibility index (Phi) is 5.57. The average molecular weight is 306 g/mol. The molecule has 2 rings (SSSR count). The van der Waals surface area contributed by atoms with E-state index in [1.807, 2.05) is 29.6 Å². The molecule has 0 unspecified atom stereocenters. The van der Waals surface area contributed by atoms with Crippen LogP contribution in [-0.4, -0.2) is 24.7 Å². The molecule has 1 heterocycles. The van der Waals surface area contributed by atoms with Crippen molar-refractivity contribution in [2.24, 2.45) is 0 Å². The molecule has 2 aromatic rings.